The Bertz CT molecular complexity index is 495. The molecule has 96 valence electrons. The molecule has 4 heteroatoms. The van der Waals surface area contributed by atoms with Crippen LogP contribution in [0.4, 0.5) is 5.69 Å². The lowest BCUT2D eigenvalue weighted by Crippen LogP contribution is -2.07. The van der Waals surface area contributed by atoms with Gasteiger partial charge >= 0.3 is 0 Å². The van der Waals surface area contributed by atoms with Crippen LogP contribution in [0.5, 0.6) is 11.5 Å². The van der Waals surface area contributed by atoms with Gasteiger partial charge in [-0.15, -0.1) is 11.3 Å². The highest BCUT2D eigenvalue weighted by molar-refractivity contribution is 7.09. The first kappa shape index (κ1) is 12.8. The van der Waals surface area contributed by atoms with Crippen molar-refractivity contribution >= 4 is 17.0 Å². The highest BCUT2D eigenvalue weighted by Gasteiger charge is 2.05. The Morgan fingerprint density at radius 2 is 2.11 bits per heavy atom. The molecular formula is C14H17NO2S. The maximum Gasteiger partial charge on any atom is 0.146 e. The number of benzene rings is 1. The lowest BCUT2D eigenvalue weighted by atomic mass is 10.2. The first-order valence-electron chi connectivity index (χ1n) is 5.86. The molecule has 0 unspecified atom stereocenters. The smallest absolute Gasteiger partial charge is 0.146 e. The van der Waals surface area contributed by atoms with Gasteiger partial charge in [0.05, 0.1) is 11.8 Å². The van der Waals surface area contributed by atoms with Crippen LogP contribution in [-0.4, -0.2) is 6.10 Å². The van der Waals surface area contributed by atoms with Gasteiger partial charge in [0.25, 0.3) is 0 Å². The van der Waals surface area contributed by atoms with E-state index in [2.05, 4.69) is 0 Å². The van der Waals surface area contributed by atoms with E-state index < -0.39 is 0 Å². The summed E-state index contributed by atoms with van der Waals surface area (Å²) in [6.07, 6.45) is 0.0971. The van der Waals surface area contributed by atoms with E-state index in [1.54, 1.807) is 11.3 Å². The summed E-state index contributed by atoms with van der Waals surface area (Å²) in [5.74, 6) is 1.45. The molecule has 0 amide bonds. The van der Waals surface area contributed by atoms with Crippen LogP contribution in [0.2, 0.25) is 0 Å². The van der Waals surface area contributed by atoms with E-state index in [0.29, 0.717) is 18.0 Å². The topological polar surface area (TPSA) is 44.5 Å². The third-order valence-corrected chi connectivity index (χ3v) is 3.16. The molecule has 2 aromatic rings. The Morgan fingerprint density at radius 3 is 2.78 bits per heavy atom. The van der Waals surface area contributed by atoms with Crippen LogP contribution in [0, 0.1) is 0 Å². The van der Waals surface area contributed by atoms with Gasteiger partial charge in [-0.3, -0.25) is 0 Å². The molecule has 0 atom stereocenters. The van der Waals surface area contributed by atoms with Gasteiger partial charge in [0, 0.05) is 10.9 Å². The molecule has 0 radical (unpaired) electrons. The van der Waals surface area contributed by atoms with Crippen molar-refractivity contribution in [3.8, 4) is 11.5 Å². The number of thiophene rings is 1. The summed E-state index contributed by atoms with van der Waals surface area (Å²) in [4.78, 5) is 1.19. The highest BCUT2D eigenvalue weighted by Crippen LogP contribution is 2.28. The van der Waals surface area contributed by atoms with E-state index in [0.717, 1.165) is 5.75 Å². The minimum absolute atomic E-state index is 0.0971. The fraction of sp³-hybridized carbons (Fsp3) is 0.286. The average molecular weight is 263 g/mol. The van der Waals surface area contributed by atoms with Crippen LogP contribution in [0.3, 0.4) is 0 Å². The number of hydrogen-bond donors (Lipinski definition) is 1. The zero-order valence-corrected chi connectivity index (χ0v) is 11.4. The van der Waals surface area contributed by atoms with Gasteiger partial charge in [-0.25, -0.2) is 0 Å². The van der Waals surface area contributed by atoms with Gasteiger partial charge in [-0.05, 0) is 37.4 Å². The van der Waals surface area contributed by atoms with Crippen LogP contribution >= 0.6 is 11.3 Å². The Balaban J connectivity index is 2.04. The van der Waals surface area contributed by atoms with Crippen molar-refractivity contribution in [1.29, 1.82) is 0 Å². The minimum atomic E-state index is 0.0971. The van der Waals surface area contributed by atoms with Crippen molar-refractivity contribution in [2.75, 3.05) is 5.73 Å². The lowest BCUT2D eigenvalue weighted by Gasteiger charge is -2.13. The van der Waals surface area contributed by atoms with Crippen molar-refractivity contribution < 1.29 is 9.47 Å². The SMILES string of the molecule is CC(C)Oc1cc(OCc2cccs2)ccc1N. The van der Waals surface area contributed by atoms with Crippen molar-refractivity contribution in [3.63, 3.8) is 0 Å². The Labute approximate surface area is 111 Å². The molecule has 1 aromatic carbocycles. The number of nitrogens with two attached hydrogens (primary N) is 1. The van der Waals surface area contributed by atoms with Crippen molar-refractivity contribution in [2.24, 2.45) is 0 Å². The monoisotopic (exact) mass is 263 g/mol. The van der Waals surface area contributed by atoms with E-state index in [9.17, 15) is 0 Å². The van der Waals surface area contributed by atoms with E-state index in [-0.39, 0.29) is 6.10 Å². The summed E-state index contributed by atoms with van der Waals surface area (Å²) < 4.78 is 11.3. The predicted octanol–water partition coefficient (Wildman–Crippen LogP) is 3.70. The zero-order valence-electron chi connectivity index (χ0n) is 10.6. The number of ether oxygens (including phenoxy) is 2. The van der Waals surface area contributed by atoms with Crippen LogP contribution in [-0.2, 0) is 6.61 Å². The molecule has 0 bridgehead atoms. The largest absolute Gasteiger partial charge is 0.489 e. The Morgan fingerprint density at radius 1 is 1.28 bits per heavy atom. The molecular weight excluding hydrogens is 246 g/mol. The molecule has 0 fully saturated rings. The van der Waals surface area contributed by atoms with Crippen molar-refractivity contribution in [3.05, 3.63) is 40.6 Å². The van der Waals surface area contributed by atoms with Gasteiger partial charge < -0.3 is 15.2 Å². The van der Waals surface area contributed by atoms with E-state index >= 15 is 0 Å². The predicted molar refractivity (Wildman–Crippen MR) is 75.3 cm³/mol. The summed E-state index contributed by atoms with van der Waals surface area (Å²) in [7, 11) is 0. The summed E-state index contributed by atoms with van der Waals surface area (Å²) in [5, 5.41) is 2.04. The molecule has 1 aromatic heterocycles. The Hall–Kier alpha value is -1.68. The second-order valence-corrected chi connectivity index (χ2v) is 5.27. The van der Waals surface area contributed by atoms with E-state index in [1.807, 2.05) is 49.6 Å². The number of nitrogen functional groups attached to an aromatic ring is 1. The molecule has 0 aliphatic heterocycles. The van der Waals surface area contributed by atoms with Crippen LogP contribution in [0.1, 0.15) is 18.7 Å². The molecule has 0 saturated carbocycles. The first-order chi connectivity index (χ1) is 8.65. The van der Waals surface area contributed by atoms with Gasteiger partial charge in [-0.2, -0.15) is 0 Å². The summed E-state index contributed by atoms with van der Waals surface area (Å²) in [6, 6.07) is 9.56. The average Bonchev–Trinajstić information content (AvgIpc) is 2.82. The quantitative estimate of drug-likeness (QED) is 0.837. The number of hydrogen-bond acceptors (Lipinski definition) is 4. The van der Waals surface area contributed by atoms with Crippen LogP contribution in [0.15, 0.2) is 35.7 Å². The molecule has 2 rings (SSSR count). The van der Waals surface area contributed by atoms with Gasteiger partial charge in [0.15, 0.2) is 0 Å². The van der Waals surface area contributed by atoms with E-state index in [1.165, 1.54) is 4.88 Å². The zero-order chi connectivity index (χ0) is 13.0. The molecule has 0 saturated heterocycles. The fourth-order valence-electron chi connectivity index (χ4n) is 1.51. The maximum atomic E-state index is 5.85. The Kier molecular flexibility index (Phi) is 4.10. The van der Waals surface area contributed by atoms with Crippen LogP contribution < -0.4 is 15.2 Å². The minimum Gasteiger partial charge on any atom is -0.489 e. The second kappa shape index (κ2) is 5.78. The molecule has 0 spiro atoms. The van der Waals surface area contributed by atoms with Crippen molar-refractivity contribution in [2.45, 2.75) is 26.6 Å². The summed E-state index contributed by atoms with van der Waals surface area (Å²) >= 11 is 1.68. The summed E-state index contributed by atoms with van der Waals surface area (Å²) in [6.45, 7) is 4.51. The highest BCUT2D eigenvalue weighted by atomic mass is 32.1. The number of rotatable bonds is 5. The molecule has 1 heterocycles. The second-order valence-electron chi connectivity index (χ2n) is 4.23. The lowest BCUT2D eigenvalue weighted by molar-refractivity contribution is 0.241. The number of anilines is 1. The normalized spacial score (nSPS) is 10.6. The van der Waals surface area contributed by atoms with E-state index in [4.69, 9.17) is 15.2 Å². The van der Waals surface area contributed by atoms with Gasteiger partial charge in [0.2, 0.25) is 0 Å². The fourth-order valence-corrected chi connectivity index (χ4v) is 2.13. The maximum absolute atomic E-state index is 5.85. The molecule has 0 aliphatic carbocycles. The molecule has 18 heavy (non-hydrogen) atoms. The summed E-state index contributed by atoms with van der Waals surface area (Å²) in [5.41, 5.74) is 6.48. The van der Waals surface area contributed by atoms with Crippen LogP contribution in [0.25, 0.3) is 0 Å². The van der Waals surface area contributed by atoms with Gasteiger partial charge in [0.1, 0.15) is 18.1 Å². The third kappa shape index (κ3) is 3.40. The molecule has 3 nitrogen and oxygen atoms in total. The van der Waals surface area contributed by atoms with Gasteiger partial charge in [-0.1, -0.05) is 6.07 Å². The third-order valence-electron chi connectivity index (χ3n) is 2.31. The van der Waals surface area contributed by atoms with Crippen molar-refractivity contribution in [1.82, 2.24) is 0 Å². The standard InChI is InChI=1S/C14H17NO2S/c1-10(2)17-14-8-11(5-6-13(14)15)16-9-12-4-3-7-18-12/h3-8,10H,9,15H2,1-2H3. The molecule has 2 N–H and O–H groups in total. The first-order valence-corrected chi connectivity index (χ1v) is 6.74. The molecule has 0 aliphatic rings.